The van der Waals surface area contributed by atoms with Crippen molar-refractivity contribution in [1.29, 1.82) is 0 Å². The van der Waals surface area contributed by atoms with Crippen LogP contribution in [-0.2, 0) is 26.1 Å². The molecule has 2 aromatic rings. The van der Waals surface area contributed by atoms with Gasteiger partial charge < -0.3 is 15.4 Å². The van der Waals surface area contributed by atoms with E-state index in [1.54, 1.807) is 0 Å². The minimum absolute atomic E-state index is 0.0387. The van der Waals surface area contributed by atoms with Gasteiger partial charge in [0, 0.05) is 29.4 Å². The molecule has 1 amide bonds. The summed E-state index contributed by atoms with van der Waals surface area (Å²) >= 11 is 0. The highest BCUT2D eigenvalue weighted by Crippen LogP contribution is 2.34. The largest absolute Gasteiger partial charge is 0.446 e. The molecule has 0 saturated heterocycles. The molecule has 1 aliphatic heterocycles. The number of nitrogens with zero attached hydrogens (tertiary/aromatic N) is 1. The number of hydrogen-bond donors (Lipinski definition) is 3. The highest BCUT2D eigenvalue weighted by molar-refractivity contribution is 7.90. The van der Waals surface area contributed by atoms with Crippen molar-refractivity contribution in [3.63, 3.8) is 0 Å². The predicted octanol–water partition coefficient (Wildman–Crippen LogP) is 3.74. The quantitative estimate of drug-likeness (QED) is 0.663. The molecule has 2 aliphatic rings. The Morgan fingerprint density at radius 1 is 1.13 bits per heavy atom. The van der Waals surface area contributed by atoms with Crippen molar-refractivity contribution in [2.24, 2.45) is 0 Å². The first-order valence-electron chi connectivity index (χ1n) is 10.4. The smallest absolute Gasteiger partial charge is 0.407 e. The summed E-state index contributed by atoms with van der Waals surface area (Å²) in [7, 11) is -3.01. The summed E-state index contributed by atoms with van der Waals surface area (Å²) in [5.41, 5.74) is 3.63. The van der Waals surface area contributed by atoms with Crippen LogP contribution in [0.15, 0.2) is 24.3 Å². The molecular formula is C21H28N4O4S. The fraction of sp³-hybridized carbons (Fsp3) is 0.524. The lowest BCUT2D eigenvalue weighted by Crippen LogP contribution is -2.34. The zero-order valence-corrected chi connectivity index (χ0v) is 18.1. The lowest BCUT2D eigenvalue weighted by atomic mass is 9.85. The number of rotatable bonds is 5. The van der Waals surface area contributed by atoms with Crippen LogP contribution in [0.25, 0.3) is 0 Å². The number of aromatic amines is 1. The number of amides is 1. The van der Waals surface area contributed by atoms with Gasteiger partial charge in [-0.1, -0.05) is 6.07 Å². The Labute approximate surface area is 176 Å². The van der Waals surface area contributed by atoms with E-state index in [2.05, 4.69) is 20.8 Å². The van der Waals surface area contributed by atoms with Gasteiger partial charge >= 0.3 is 6.09 Å². The van der Waals surface area contributed by atoms with Gasteiger partial charge in [0.25, 0.3) is 0 Å². The van der Waals surface area contributed by atoms with E-state index in [-0.39, 0.29) is 29.7 Å². The van der Waals surface area contributed by atoms with Crippen LogP contribution in [0.2, 0.25) is 0 Å². The molecule has 1 aliphatic carbocycles. The fourth-order valence-corrected chi connectivity index (χ4v) is 5.77. The number of carbonyl (C=O) groups is 1. The number of anilines is 2. The summed E-state index contributed by atoms with van der Waals surface area (Å²) in [6, 6.07) is 7.71. The SMILES string of the molecule is CC(C)NC(=O)OC1CCC(c2cc(Nc3ccc4c(c3)CS(=O)(=O)C4)n[nH]2)CC1. The molecule has 2 heterocycles. The number of benzene rings is 1. The molecule has 4 rings (SSSR count). The first-order valence-corrected chi connectivity index (χ1v) is 12.2. The van der Waals surface area contributed by atoms with Gasteiger partial charge in [-0.15, -0.1) is 0 Å². The monoisotopic (exact) mass is 432 g/mol. The van der Waals surface area contributed by atoms with Crippen LogP contribution >= 0.6 is 0 Å². The lowest BCUT2D eigenvalue weighted by Gasteiger charge is -2.27. The second-order valence-corrected chi connectivity index (χ2v) is 10.6. The number of fused-ring (bicyclic) bond motifs is 1. The number of sulfone groups is 1. The maximum atomic E-state index is 11.8. The molecule has 0 atom stereocenters. The van der Waals surface area contributed by atoms with Crippen molar-refractivity contribution >= 4 is 27.4 Å². The summed E-state index contributed by atoms with van der Waals surface area (Å²) in [4.78, 5) is 11.8. The second-order valence-electron chi connectivity index (χ2n) is 8.53. The van der Waals surface area contributed by atoms with Crippen LogP contribution in [0.1, 0.15) is 62.3 Å². The zero-order chi connectivity index (χ0) is 21.3. The molecule has 1 saturated carbocycles. The molecule has 3 N–H and O–H groups in total. The van der Waals surface area contributed by atoms with Crippen LogP contribution in [0, 0.1) is 0 Å². The van der Waals surface area contributed by atoms with E-state index in [0.29, 0.717) is 11.7 Å². The third-order valence-electron chi connectivity index (χ3n) is 5.62. The average molecular weight is 433 g/mol. The van der Waals surface area contributed by atoms with Gasteiger partial charge in [0.05, 0.1) is 11.5 Å². The van der Waals surface area contributed by atoms with Crippen LogP contribution in [0.4, 0.5) is 16.3 Å². The molecule has 0 unspecified atom stereocenters. The molecule has 8 nitrogen and oxygen atoms in total. The zero-order valence-electron chi connectivity index (χ0n) is 17.3. The highest BCUT2D eigenvalue weighted by atomic mass is 32.2. The predicted molar refractivity (Wildman–Crippen MR) is 114 cm³/mol. The molecule has 9 heteroatoms. The van der Waals surface area contributed by atoms with Crippen molar-refractivity contribution in [3.05, 3.63) is 41.1 Å². The third-order valence-corrected chi connectivity index (χ3v) is 7.12. The van der Waals surface area contributed by atoms with E-state index in [1.165, 1.54) is 0 Å². The number of hydrogen-bond acceptors (Lipinski definition) is 6. The molecule has 0 spiro atoms. The van der Waals surface area contributed by atoms with Gasteiger partial charge in [0.1, 0.15) is 6.10 Å². The lowest BCUT2D eigenvalue weighted by molar-refractivity contribution is 0.0697. The number of alkyl carbamates (subject to hydrolysis) is 1. The van der Waals surface area contributed by atoms with Crippen LogP contribution in [-0.4, -0.2) is 36.9 Å². The summed E-state index contributed by atoms with van der Waals surface area (Å²) in [5, 5.41) is 13.5. The van der Waals surface area contributed by atoms with Gasteiger partial charge in [-0.3, -0.25) is 5.10 Å². The Morgan fingerprint density at radius 3 is 2.60 bits per heavy atom. The normalized spacial score (nSPS) is 22.5. The average Bonchev–Trinajstić information content (AvgIpc) is 3.24. The molecule has 0 radical (unpaired) electrons. The van der Waals surface area contributed by atoms with E-state index in [0.717, 1.165) is 48.2 Å². The third kappa shape index (κ3) is 4.95. The first kappa shape index (κ1) is 20.7. The van der Waals surface area contributed by atoms with Gasteiger partial charge in [0.2, 0.25) is 0 Å². The van der Waals surface area contributed by atoms with E-state index in [1.807, 2.05) is 38.1 Å². The standard InChI is InChI=1S/C21H28N4O4S/c1-13(2)22-21(26)29-18-7-4-14(5-8-18)19-10-20(25-24-19)23-17-6-3-15-11-30(27,28)12-16(15)9-17/h3,6,9-10,13-14,18H,4-5,7-8,11-12H2,1-2H3,(H,22,26)(H2,23,24,25). The molecule has 30 heavy (non-hydrogen) atoms. The fourth-order valence-electron chi connectivity index (χ4n) is 4.17. The molecule has 0 bridgehead atoms. The van der Waals surface area contributed by atoms with Crippen LogP contribution < -0.4 is 10.6 Å². The van der Waals surface area contributed by atoms with E-state index < -0.39 is 9.84 Å². The minimum atomic E-state index is -3.01. The topological polar surface area (TPSA) is 113 Å². The van der Waals surface area contributed by atoms with Crippen molar-refractivity contribution < 1.29 is 17.9 Å². The van der Waals surface area contributed by atoms with Crippen molar-refractivity contribution in [2.75, 3.05) is 5.32 Å². The Kier molecular flexibility index (Phi) is 5.73. The molecule has 1 fully saturated rings. The number of aromatic nitrogens is 2. The second kappa shape index (κ2) is 8.29. The Balaban J connectivity index is 1.32. The summed E-state index contributed by atoms with van der Waals surface area (Å²) < 4.78 is 29.1. The summed E-state index contributed by atoms with van der Waals surface area (Å²) in [6.45, 7) is 3.82. The number of H-pyrrole nitrogens is 1. The molecule has 1 aromatic heterocycles. The van der Waals surface area contributed by atoms with Crippen molar-refractivity contribution in [1.82, 2.24) is 15.5 Å². The van der Waals surface area contributed by atoms with Gasteiger partial charge in [-0.05, 0) is 62.8 Å². The highest BCUT2D eigenvalue weighted by Gasteiger charge is 2.27. The minimum Gasteiger partial charge on any atom is -0.446 e. The van der Waals surface area contributed by atoms with E-state index in [9.17, 15) is 13.2 Å². The maximum Gasteiger partial charge on any atom is 0.407 e. The Morgan fingerprint density at radius 2 is 1.87 bits per heavy atom. The van der Waals surface area contributed by atoms with Gasteiger partial charge in [-0.25, -0.2) is 13.2 Å². The summed E-state index contributed by atoms with van der Waals surface area (Å²) in [5.74, 6) is 1.29. The van der Waals surface area contributed by atoms with Gasteiger partial charge in [-0.2, -0.15) is 5.10 Å². The Hall–Kier alpha value is -2.55. The van der Waals surface area contributed by atoms with Crippen molar-refractivity contribution in [2.45, 2.75) is 69.1 Å². The van der Waals surface area contributed by atoms with Crippen LogP contribution in [0.5, 0.6) is 0 Å². The number of carbonyl (C=O) groups excluding carboxylic acids is 1. The van der Waals surface area contributed by atoms with E-state index in [4.69, 9.17) is 4.74 Å². The Bertz CT molecular complexity index is 1020. The van der Waals surface area contributed by atoms with Crippen LogP contribution in [0.3, 0.4) is 0 Å². The maximum absolute atomic E-state index is 11.8. The molecular weight excluding hydrogens is 404 g/mol. The van der Waals surface area contributed by atoms with Crippen molar-refractivity contribution in [3.8, 4) is 0 Å². The number of nitrogens with one attached hydrogen (secondary N) is 3. The molecule has 1 aromatic carbocycles. The summed E-state index contributed by atoms with van der Waals surface area (Å²) in [6.07, 6.45) is 3.14. The number of ether oxygens (including phenoxy) is 1. The molecule has 162 valence electrons. The van der Waals surface area contributed by atoms with Gasteiger partial charge in [0.15, 0.2) is 15.7 Å². The van der Waals surface area contributed by atoms with E-state index >= 15 is 0 Å². The first-order chi connectivity index (χ1) is 14.3.